The lowest BCUT2D eigenvalue weighted by Crippen LogP contribution is -2.40. The van der Waals surface area contributed by atoms with Crippen LogP contribution in [0.15, 0.2) is 29.3 Å². The lowest BCUT2D eigenvalue weighted by atomic mass is 10.1. The number of ether oxygens (including phenoxy) is 1. The second kappa shape index (κ2) is 13.9. The number of halogens is 1. The molecule has 1 aromatic rings. The number of aliphatic imine (C=N–C) groups is 1. The highest BCUT2D eigenvalue weighted by molar-refractivity contribution is 14.0. The molecule has 0 aliphatic heterocycles. The summed E-state index contributed by atoms with van der Waals surface area (Å²) in [5.41, 5.74) is 6.78. The number of amides is 1. The smallest absolute Gasteiger partial charge is 0.248 e. The molecule has 1 amide bonds. The number of nitrogens with one attached hydrogen (secondary N) is 2. The summed E-state index contributed by atoms with van der Waals surface area (Å²) in [5.74, 6) is 0.306. The van der Waals surface area contributed by atoms with E-state index in [1.807, 2.05) is 12.1 Å². The summed E-state index contributed by atoms with van der Waals surface area (Å²) in [7, 11) is 5.54. The van der Waals surface area contributed by atoms with Gasteiger partial charge in [0.2, 0.25) is 5.91 Å². The van der Waals surface area contributed by atoms with Gasteiger partial charge < -0.3 is 26.0 Å². The lowest BCUT2D eigenvalue weighted by Gasteiger charge is -2.18. The first-order chi connectivity index (χ1) is 11.6. The summed E-state index contributed by atoms with van der Waals surface area (Å²) in [4.78, 5) is 17.6. The summed E-state index contributed by atoms with van der Waals surface area (Å²) < 4.78 is 5.05. The van der Waals surface area contributed by atoms with Crippen molar-refractivity contribution >= 4 is 35.8 Å². The maximum Gasteiger partial charge on any atom is 0.248 e. The van der Waals surface area contributed by atoms with Crippen molar-refractivity contribution in [1.82, 2.24) is 15.5 Å². The van der Waals surface area contributed by atoms with Gasteiger partial charge in [-0.3, -0.25) is 9.79 Å². The van der Waals surface area contributed by atoms with Crippen molar-refractivity contribution < 1.29 is 9.53 Å². The SMILES string of the molecule is CN=C(NCCN(C)CCCOC)NCc1cccc(C(N)=O)c1.I. The van der Waals surface area contributed by atoms with Gasteiger partial charge in [-0.05, 0) is 31.2 Å². The van der Waals surface area contributed by atoms with E-state index in [2.05, 4.69) is 27.6 Å². The van der Waals surface area contributed by atoms with Crippen LogP contribution in [0.1, 0.15) is 22.3 Å². The molecular formula is C17H30IN5O2. The normalized spacial score (nSPS) is 11.1. The van der Waals surface area contributed by atoms with Gasteiger partial charge in [0.15, 0.2) is 5.96 Å². The number of hydrogen-bond acceptors (Lipinski definition) is 4. The molecule has 1 rings (SSSR count). The van der Waals surface area contributed by atoms with Gasteiger partial charge in [-0.25, -0.2) is 0 Å². The fourth-order valence-corrected chi connectivity index (χ4v) is 2.20. The van der Waals surface area contributed by atoms with Crippen molar-refractivity contribution in [2.24, 2.45) is 10.7 Å². The summed E-state index contributed by atoms with van der Waals surface area (Å²) >= 11 is 0. The molecule has 0 saturated heterocycles. The Morgan fingerprint density at radius 1 is 1.32 bits per heavy atom. The predicted molar refractivity (Wildman–Crippen MR) is 113 cm³/mol. The fourth-order valence-electron chi connectivity index (χ4n) is 2.20. The molecule has 0 radical (unpaired) electrons. The van der Waals surface area contributed by atoms with Crippen molar-refractivity contribution in [2.45, 2.75) is 13.0 Å². The Kier molecular flexibility index (Phi) is 13.1. The average Bonchev–Trinajstić information content (AvgIpc) is 2.58. The van der Waals surface area contributed by atoms with Crippen molar-refractivity contribution in [3.8, 4) is 0 Å². The number of methoxy groups -OCH3 is 1. The van der Waals surface area contributed by atoms with E-state index in [9.17, 15) is 4.79 Å². The van der Waals surface area contributed by atoms with Crippen LogP contribution in [0, 0.1) is 0 Å². The van der Waals surface area contributed by atoms with E-state index in [-0.39, 0.29) is 24.0 Å². The number of carbonyl (C=O) groups excluding carboxylic acids is 1. The zero-order valence-electron chi connectivity index (χ0n) is 15.2. The molecule has 0 bridgehead atoms. The summed E-state index contributed by atoms with van der Waals surface area (Å²) in [5, 5.41) is 6.50. The molecule has 8 heteroatoms. The van der Waals surface area contributed by atoms with Gasteiger partial charge in [0.1, 0.15) is 0 Å². The Morgan fingerprint density at radius 3 is 2.72 bits per heavy atom. The lowest BCUT2D eigenvalue weighted by molar-refractivity contribution is 0.1000. The Morgan fingerprint density at radius 2 is 2.08 bits per heavy atom. The fraction of sp³-hybridized carbons (Fsp3) is 0.529. The van der Waals surface area contributed by atoms with Gasteiger partial charge in [-0.15, -0.1) is 24.0 Å². The highest BCUT2D eigenvalue weighted by Gasteiger charge is 2.03. The Hall–Kier alpha value is -1.39. The number of primary amides is 1. The number of guanidine groups is 1. The van der Waals surface area contributed by atoms with E-state index in [0.717, 1.165) is 44.2 Å². The summed E-state index contributed by atoms with van der Waals surface area (Å²) in [6.07, 6.45) is 1.02. The third-order valence-corrected chi connectivity index (χ3v) is 3.57. The standard InChI is InChI=1S/C17H29N5O2.HI/c1-19-17(20-8-10-22(2)9-5-11-24-3)21-13-14-6-4-7-15(12-14)16(18)23;/h4,6-7,12H,5,8-11,13H2,1-3H3,(H2,18,23)(H2,19,20,21);1H. The minimum absolute atomic E-state index is 0. The van der Waals surface area contributed by atoms with Crippen molar-refractivity contribution in [1.29, 1.82) is 0 Å². The number of nitrogens with zero attached hydrogens (tertiary/aromatic N) is 2. The number of benzene rings is 1. The predicted octanol–water partition coefficient (Wildman–Crippen LogP) is 1.04. The minimum atomic E-state index is -0.420. The van der Waals surface area contributed by atoms with Gasteiger partial charge >= 0.3 is 0 Å². The number of nitrogens with two attached hydrogens (primary N) is 1. The van der Waals surface area contributed by atoms with Crippen molar-refractivity contribution in [2.75, 3.05) is 47.4 Å². The third-order valence-electron chi connectivity index (χ3n) is 3.57. The van der Waals surface area contributed by atoms with Crippen LogP contribution >= 0.6 is 24.0 Å². The highest BCUT2D eigenvalue weighted by Crippen LogP contribution is 2.04. The molecule has 0 fully saturated rings. The van der Waals surface area contributed by atoms with Crippen LogP contribution in [-0.4, -0.2) is 64.2 Å². The van der Waals surface area contributed by atoms with E-state index in [1.54, 1.807) is 26.3 Å². The maximum atomic E-state index is 11.2. The first kappa shape index (κ1) is 23.6. The largest absolute Gasteiger partial charge is 0.385 e. The van der Waals surface area contributed by atoms with E-state index >= 15 is 0 Å². The number of carbonyl (C=O) groups is 1. The maximum absolute atomic E-state index is 11.2. The quantitative estimate of drug-likeness (QED) is 0.209. The molecule has 0 aliphatic rings. The summed E-state index contributed by atoms with van der Waals surface area (Å²) in [6, 6.07) is 7.25. The van der Waals surface area contributed by atoms with Crippen molar-refractivity contribution in [3.05, 3.63) is 35.4 Å². The Bertz CT molecular complexity index is 540. The molecule has 0 aromatic heterocycles. The first-order valence-electron chi connectivity index (χ1n) is 8.07. The number of rotatable bonds is 10. The van der Waals surface area contributed by atoms with Crippen LogP contribution in [0.5, 0.6) is 0 Å². The molecule has 0 atom stereocenters. The van der Waals surface area contributed by atoms with Gasteiger partial charge in [0, 0.05) is 52.5 Å². The molecule has 25 heavy (non-hydrogen) atoms. The van der Waals surface area contributed by atoms with Crippen LogP contribution < -0.4 is 16.4 Å². The second-order valence-corrected chi connectivity index (χ2v) is 5.57. The monoisotopic (exact) mass is 463 g/mol. The Balaban J connectivity index is 0.00000576. The van der Waals surface area contributed by atoms with Gasteiger partial charge in [0.05, 0.1) is 0 Å². The topological polar surface area (TPSA) is 92.0 Å². The number of likely N-dealkylation sites (N-methyl/N-ethyl adjacent to an activating group) is 1. The summed E-state index contributed by atoms with van der Waals surface area (Å²) in [6.45, 7) is 4.07. The van der Waals surface area contributed by atoms with Gasteiger partial charge in [0.25, 0.3) is 0 Å². The highest BCUT2D eigenvalue weighted by atomic mass is 127. The second-order valence-electron chi connectivity index (χ2n) is 5.57. The van der Waals surface area contributed by atoms with Crippen LogP contribution in [-0.2, 0) is 11.3 Å². The molecule has 0 heterocycles. The van der Waals surface area contributed by atoms with Gasteiger partial charge in [-0.2, -0.15) is 0 Å². The van der Waals surface area contributed by atoms with E-state index < -0.39 is 5.91 Å². The molecule has 0 spiro atoms. The van der Waals surface area contributed by atoms with Crippen LogP contribution in [0.25, 0.3) is 0 Å². The Labute approximate surface area is 167 Å². The van der Waals surface area contributed by atoms with Crippen LogP contribution in [0.4, 0.5) is 0 Å². The van der Waals surface area contributed by atoms with E-state index in [4.69, 9.17) is 10.5 Å². The molecule has 1 aromatic carbocycles. The van der Waals surface area contributed by atoms with Crippen molar-refractivity contribution in [3.63, 3.8) is 0 Å². The molecule has 0 saturated carbocycles. The van der Waals surface area contributed by atoms with Crippen LogP contribution in [0.2, 0.25) is 0 Å². The molecule has 7 nitrogen and oxygen atoms in total. The molecule has 0 aliphatic carbocycles. The molecular weight excluding hydrogens is 433 g/mol. The first-order valence-corrected chi connectivity index (χ1v) is 8.07. The third kappa shape index (κ3) is 10.3. The zero-order valence-corrected chi connectivity index (χ0v) is 17.6. The van der Waals surface area contributed by atoms with E-state index in [0.29, 0.717) is 12.1 Å². The van der Waals surface area contributed by atoms with Crippen LogP contribution in [0.3, 0.4) is 0 Å². The minimum Gasteiger partial charge on any atom is -0.385 e. The molecule has 4 N–H and O–H groups in total. The molecule has 0 unspecified atom stereocenters. The van der Waals surface area contributed by atoms with E-state index in [1.165, 1.54) is 0 Å². The average molecular weight is 463 g/mol. The zero-order chi connectivity index (χ0) is 17.8. The molecule has 142 valence electrons. The number of hydrogen-bond donors (Lipinski definition) is 3. The van der Waals surface area contributed by atoms with Gasteiger partial charge in [-0.1, -0.05) is 12.1 Å².